The van der Waals surface area contributed by atoms with Gasteiger partial charge >= 0.3 is 152 Å². The molecular weight excluding hydrogens is 928 g/mol. The number of aromatic amines is 2. The summed E-state index contributed by atoms with van der Waals surface area (Å²) in [4.78, 5) is 59.8. The molecule has 10 nitrogen and oxygen atoms in total. The predicted octanol–water partition coefficient (Wildman–Crippen LogP) is 9.24. The van der Waals surface area contributed by atoms with Gasteiger partial charge in [0.05, 0.1) is 22.8 Å². The summed E-state index contributed by atoms with van der Waals surface area (Å²) >= 11 is -1.88. The van der Waals surface area contributed by atoms with E-state index >= 15 is 0 Å². The van der Waals surface area contributed by atoms with E-state index in [1.165, 1.54) is 18.0 Å². The summed E-state index contributed by atoms with van der Waals surface area (Å²) in [6.45, 7) is 0. The maximum absolute atomic E-state index is 10.9. The molecule has 0 atom stereocenters. The Labute approximate surface area is 411 Å². The zero-order valence-electron chi connectivity index (χ0n) is 38.0. The van der Waals surface area contributed by atoms with Crippen molar-refractivity contribution in [2.75, 3.05) is 0 Å². The first kappa shape index (κ1) is 45.5. The Kier molecular flexibility index (Phi) is 13.1. The number of carbonyl (C=O) groups is 4. The number of nitrogens with one attached hydrogen (secondary N) is 4. The van der Waals surface area contributed by atoms with Crippen LogP contribution in [-0.2, 0) is 12.6 Å². The molecule has 13 rings (SSSR count). The molecule has 0 saturated carbocycles. The molecule has 4 aliphatic heterocycles. The molecule has 12 bridgehead atoms. The van der Waals surface area contributed by atoms with Crippen LogP contribution in [-0.4, -0.2) is 43.6 Å². The second kappa shape index (κ2) is 20.5. The van der Waals surface area contributed by atoms with E-state index < -0.39 is 12.6 Å². The Balaban J connectivity index is 0.000000117. The molecule has 71 heavy (non-hydrogen) atoms. The van der Waals surface area contributed by atoms with E-state index in [0.717, 1.165) is 44.8 Å². The minimum absolute atomic E-state index is 0.317. The summed E-state index contributed by atoms with van der Waals surface area (Å²) in [5.41, 5.74) is 10.0. The summed E-state index contributed by atoms with van der Waals surface area (Å²) < 4.78 is 5.54. The van der Waals surface area contributed by atoms with E-state index in [9.17, 15) is 19.2 Å². The molecule has 0 spiro atoms. The molecule has 0 radical (unpaired) electrons. The summed E-state index contributed by atoms with van der Waals surface area (Å²) in [7, 11) is 0. The first-order chi connectivity index (χ1) is 34.8. The summed E-state index contributed by atoms with van der Waals surface area (Å²) in [6.07, 6.45) is 8.09. The van der Waals surface area contributed by atoms with Crippen molar-refractivity contribution in [2.45, 2.75) is 0 Å². The number of H-pyrrole nitrogens is 2. The van der Waals surface area contributed by atoms with E-state index in [-0.39, 0.29) is 23.6 Å². The molecule has 7 heterocycles. The molecule has 11 heteroatoms. The second-order valence-corrected chi connectivity index (χ2v) is 20.2. The van der Waals surface area contributed by atoms with Gasteiger partial charge in [0.25, 0.3) is 23.6 Å². The molecule has 0 fully saturated rings. The van der Waals surface area contributed by atoms with Crippen molar-refractivity contribution >= 4 is 88.0 Å². The molecule has 0 aliphatic carbocycles. The molecule has 4 aliphatic rings. The molecule has 0 unspecified atom stereocenters. The van der Waals surface area contributed by atoms with Crippen molar-refractivity contribution < 1.29 is 31.8 Å². The molecular formula is C60H44CoN6O4. The van der Waals surface area contributed by atoms with Crippen molar-refractivity contribution in [1.29, 1.82) is 0 Å². The Morgan fingerprint density at radius 1 is 0.282 bits per heavy atom. The zero-order valence-corrected chi connectivity index (χ0v) is 39.0. The van der Waals surface area contributed by atoms with Gasteiger partial charge in [0.15, 0.2) is 0 Å². The number of hydrogen-bond acceptors (Lipinski definition) is 6. The van der Waals surface area contributed by atoms with E-state index in [4.69, 9.17) is 0 Å². The quantitative estimate of drug-likeness (QED) is 0.129. The normalized spacial score (nSPS) is 13.0. The average molecular weight is 972 g/mol. The third-order valence-electron chi connectivity index (χ3n) is 11.3. The molecule has 4 amide bonds. The molecule has 0 saturated heterocycles. The first-order valence-electron chi connectivity index (χ1n) is 22.6. The van der Waals surface area contributed by atoms with Gasteiger partial charge in [0, 0.05) is 44.3 Å². The number of fused-ring (bicyclic) bond motifs is 12. The van der Waals surface area contributed by atoms with Gasteiger partial charge in [-0.3, -0.25) is 29.8 Å². The van der Waals surface area contributed by atoms with Crippen molar-refractivity contribution in [1.82, 2.24) is 30.6 Å². The molecule has 6 aromatic carbocycles. The number of aromatic nitrogens is 4. The molecule has 347 valence electrons. The van der Waals surface area contributed by atoms with Gasteiger partial charge in [-0.1, -0.05) is 12.1 Å². The molecule has 3 aromatic heterocycles. The van der Waals surface area contributed by atoms with Gasteiger partial charge in [0.1, 0.15) is 0 Å². The predicted molar refractivity (Wildman–Crippen MR) is 280 cm³/mol. The van der Waals surface area contributed by atoms with Gasteiger partial charge < -0.3 is 9.97 Å². The van der Waals surface area contributed by atoms with Gasteiger partial charge in [-0.05, 0) is 109 Å². The second-order valence-electron chi connectivity index (χ2n) is 16.2. The number of benzene rings is 6. The number of rotatable bonds is 4. The van der Waals surface area contributed by atoms with Crippen LogP contribution >= 0.6 is 0 Å². The number of amides is 4. The third-order valence-corrected chi connectivity index (χ3v) is 16.3. The van der Waals surface area contributed by atoms with E-state index in [1.54, 1.807) is 48.5 Å². The van der Waals surface area contributed by atoms with Crippen LogP contribution < -0.4 is 28.6 Å². The standard InChI is InChI=1S/C20H14N4.2C8H5NO2.4C6H5.Co/c1-2-14-10-16-5-6-18(23-16)12-20-8-7-19(24-20)11-17-4-3-15(22-17)9-13(1)21-14;2*10-7-5-2-1-3-6(4-5)8(11)9-7;4*1-2-4-6-5-3-1;/h1-12,21,24H;2*1-4H,(H,9,10,11);4*1-5H;. The van der Waals surface area contributed by atoms with Gasteiger partial charge in [-0.2, -0.15) is 0 Å². The van der Waals surface area contributed by atoms with Crippen LogP contribution in [0.3, 0.4) is 0 Å². The fraction of sp³-hybridized carbons (Fsp3) is 0. The van der Waals surface area contributed by atoms with Crippen molar-refractivity contribution in [3.63, 3.8) is 0 Å². The van der Waals surface area contributed by atoms with Crippen LogP contribution in [0.5, 0.6) is 0 Å². The van der Waals surface area contributed by atoms with Gasteiger partial charge in [-0.15, -0.1) is 0 Å². The topological polar surface area (TPSA) is 150 Å². The number of hydrogen-bond donors (Lipinski definition) is 4. The summed E-state index contributed by atoms with van der Waals surface area (Å²) in [5, 5.41) is 4.43. The van der Waals surface area contributed by atoms with Crippen molar-refractivity contribution in [3.8, 4) is 0 Å². The summed E-state index contributed by atoms with van der Waals surface area (Å²) in [5.74, 6) is -1.27. The van der Waals surface area contributed by atoms with Crippen LogP contribution in [0, 0.1) is 0 Å². The summed E-state index contributed by atoms with van der Waals surface area (Å²) in [6, 6.07) is 73.4. The first-order valence-corrected chi connectivity index (χ1v) is 24.7. The molecule has 9 aromatic rings. The van der Waals surface area contributed by atoms with Crippen LogP contribution in [0.15, 0.2) is 218 Å². The maximum atomic E-state index is 10.9. The monoisotopic (exact) mass is 971 g/mol. The SMILES string of the molecule is C1=Cc2cc3ccc(cc4nc(cc5ccc(cc1n2)[nH]5)C=C4)[nH]3.O=C1NC(=O)c2cccc1c2.O=C1NC(=O)c2cccc1c2.c1cc[c]([Co]([c]2ccccc2)([c]2ccccc2)[c]2ccccc2)cc1. The van der Waals surface area contributed by atoms with E-state index in [1.807, 2.05) is 48.6 Å². The van der Waals surface area contributed by atoms with Crippen LogP contribution in [0.4, 0.5) is 0 Å². The Morgan fingerprint density at radius 2 is 0.535 bits per heavy atom. The molecule has 4 N–H and O–H groups in total. The van der Waals surface area contributed by atoms with Crippen molar-refractivity contribution in [2.24, 2.45) is 0 Å². The third kappa shape index (κ3) is 10.3. The number of imide groups is 2. The fourth-order valence-corrected chi connectivity index (χ4v) is 13.0. The van der Waals surface area contributed by atoms with Gasteiger partial charge in [0.2, 0.25) is 0 Å². The Morgan fingerprint density at radius 3 is 0.789 bits per heavy atom. The van der Waals surface area contributed by atoms with Crippen LogP contribution in [0.2, 0.25) is 0 Å². The van der Waals surface area contributed by atoms with Crippen LogP contribution in [0.25, 0.3) is 46.4 Å². The van der Waals surface area contributed by atoms with Crippen LogP contribution in [0.1, 0.15) is 64.2 Å². The number of nitrogens with zero attached hydrogens (tertiary/aromatic N) is 2. The zero-order chi connectivity index (χ0) is 48.6. The van der Waals surface area contributed by atoms with E-state index in [2.05, 4.69) is 176 Å². The van der Waals surface area contributed by atoms with Gasteiger partial charge in [-0.25, -0.2) is 9.97 Å². The Hall–Kier alpha value is -9.29. The fourth-order valence-electron chi connectivity index (χ4n) is 8.00. The average Bonchev–Trinajstić information content (AvgIpc) is 4.26. The minimum atomic E-state index is -1.88. The number of carbonyl (C=O) groups excluding carboxylic acids is 4. The van der Waals surface area contributed by atoms with E-state index in [0.29, 0.717) is 22.3 Å². The van der Waals surface area contributed by atoms with Crippen molar-refractivity contribution in [3.05, 3.63) is 263 Å². The Bertz CT molecular complexity index is 3220.